The molecule has 1 aromatic heterocycles. The molecule has 0 spiro atoms. The van der Waals surface area contributed by atoms with Crippen molar-refractivity contribution >= 4 is 5.97 Å². The monoisotopic (exact) mass is 211 g/mol. The van der Waals surface area contributed by atoms with Crippen LogP contribution >= 0.6 is 0 Å². The van der Waals surface area contributed by atoms with Crippen molar-refractivity contribution in [2.45, 2.75) is 32.4 Å². The van der Waals surface area contributed by atoms with Gasteiger partial charge < -0.3 is 15.0 Å². The molecule has 1 rings (SSSR count). The number of nitrogens with one attached hydrogen (secondary N) is 1. The van der Waals surface area contributed by atoms with Crippen molar-refractivity contribution in [3.05, 3.63) is 18.2 Å². The Morgan fingerprint density at radius 3 is 2.73 bits per heavy atom. The molecule has 1 atom stereocenters. The molecule has 0 bridgehead atoms. The van der Waals surface area contributed by atoms with Crippen LogP contribution in [-0.4, -0.2) is 32.7 Å². The van der Waals surface area contributed by atoms with Crippen LogP contribution in [0.4, 0.5) is 0 Å². The fourth-order valence-electron chi connectivity index (χ4n) is 1.40. The molecule has 0 saturated heterocycles. The number of aliphatic carboxylic acids is 1. The van der Waals surface area contributed by atoms with Gasteiger partial charge in [0.15, 0.2) is 0 Å². The molecule has 2 N–H and O–H groups in total. The van der Waals surface area contributed by atoms with E-state index in [1.54, 1.807) is 6.33 Å². The molecule has 0 unspecified atom stereocenters. The smallest absolute Gasteiger partial charge is 0.321 e. The molecule has 15 heavy (non-hydrogen) atoms. The van der Waals surface area contributed by atoms with Crippen LogP contribution in [0.15, 0.2) is 12.5 Å². The van der Waals surface area contributed by atoms with E-state index in [1.165, 1.54) is 0 Å². The van der Waals surface area contributed by atoms with Crippen LogP contribution in [0.2, 0.25) is 0 Å². The predicted octanol–water partition coefficient (Wildman–Crippen LogP) is 0.414. The standard InChI is InChI=1S/C10H17N3O2/c1-7(2)12-9(10(14)15)4-8-5-13(3)6-11-8/h5-7,9,12H,4H2,1-3H3,(H,14,15)/t9-/m1/s1. The zero-order chi connectivity index (χ0) is 11.4. The lowest BCUT2D eigenvalue weighted by Crippen LogP contribution is -2.42. The largest absolute Gasteiger partial charge is 0.480 e. The second-order valence-corrected chi connectivity index (χ2v) is 3.95. The molecule has 0 aromatic carbocycles. The van der Waals surface area contributed by atoms with Crippen molar-refractivity contribution in [3.63, 3.8) is 0 Å². The lowest BCUT2D eigenvalue weighted by molar-refractivity contribution is -0.139. The van der Waals surface area contributed by atoms with Crippen molar-refractivity contribution < 1.29 is 9.90 Å². The van der Waals surface area contributed by atoms with Gasteiger partial charge in [0, 0.05) is 25.7 Å². The maximum Gasteiger partial charge on any atom is 0.321 e. The second-order valence-electron chi connectivity index (χ2n) is 3.95. The van der Waals surface area contributed by atoms with E-state index in [9.17, 15) is 4.79 Å². The van der Waals surface area contributed by atoms with Crippen molar-refractivity contribution in [3.8, 4) is 0 Å². The van der Waals surface area contributed by atoms with E-state index < -0.39 is 12.0 Å². The molecule has 5 heteroatoms. The molecule has 1 aromatic rings. The quantitative estimate of drug-likeness (QED) is 0.740. The molecule has 1 heterocycles. The van der Waals surface area contributed by atoms with E-state index in [1.807, 2.05) is 31.7 Å². The van der Waals surface area contributed by atoms with Crippen LogP contribution in [0.1, 0.15) is 19.5 Å². The third-order valence-corrected chi connectivity index (χ3v) is 2.00. The number of hydrogen-bond acceptors (Lipinski definition) is 3. The molecule has 0 radical (unpaired) electrons. The van der Waals surface area contributed by atoms with Gasteiger partial charge in [0.05, 0.1) is 12.0 Å². The summed E-state index contributed by atoms with van der Waals surface area (Å²) in [5, 5.41) is 12.0. The second kappa shape index (κ2) is 4.93. The lowest BCUT2D eigenvalue weighted by atomic mass is 10.1. The molecule has 5 nitrogen and oxygen atoms in total. The number of hydrogen-bond donors (Lipinski definition) is 2. The van der Waals surface area contributed by atoms with Gasteiger partial charge in [-0.2, -0.15) is 0 Å². The molecule has 0 saturated carbocycles. The van der Waals surface area contributed by atoms with Crippen molar-refractivity contribution in [2.75, 3.05) is 0 Å². The summed E-state index contributed by atoms with van der Waals surface area (Å²) in [5.41, 5.74) is 0.790. The van der Waals surface area contributed by atoms with E-state index in [-0.39, 0.29) is 6.04 Å². The summed E-state index contributed by atoms with van der Waals surface area (Å²) in [7, 11) is 1.86. The Morgan fingerprint density at radius 1 is 1.67 bits per heavy atom. The van der Waals surface area contributed by atoms with E-state index in [2.05, 4.69) is 10.3 Å². The van der Waals surface area contributed by atoms with Crippen molar-refractivity contribution in [1.29, 1.82) is 0 Å². The minimum Gasteiger partial charge on any atom is -0.480 e. The van der Waals surface area contributed by atoms with Crippen LogP contribution in [0.5, 0.6) is 0 Å². The van der Waals surface area contributed by atoms with Crippen LogP contribution < -0.4 is 5.32 Å². The summed E-state index contributed by atoms with van der Waals surface area (Å²) in [4.78, 5) is 15.1. The SMILES string of the molecule is CC(C)N[C@H](Cc1cn(C)cn1)C(=O)O. The molecule has 84 valence electrons. The van der Waals surface area contributed by atoms with Gasteiger partial charge in [-0.3, -0.25) is 4.79 Å². The Labute approximate surface area is 89.1 Å². The first-order valence-electron chi connectivity index (χ1n) is 4.94. The average molecular weight is 211 g/mol. The van der Waals surface area contributed by atoms with Crippen LogP contribution in [0.3, 0.4) is 0 Å². The summed E-state index contributed by atoms with van der Waals surface area (Å²) in [5.74, 6) is -0.839. The highest BCUT2D eigenvalue weighted by Gasteiger charge is 2.19. The predicted molar refractivity (Wildman–Crippen MR) is 56.6 cm³/mol. The van der Waals surface area contributed by atoms with Gasteiger partial charge >= 0.3 is 5.97 Å². The number of aryl methyl sites for hydroxylation is 1. The zero-order valence-corrected chi connectivity index (χ0v) is 9.27. The minimum absolute atomic E-state index is 0.148. The minimum atomic E-state index is -0.839. The summed E-state index contributed by atoms with van der Waals surface area (Å²) in [6.45, 7) is 3.85. The van der Waals surface area contributed by atoms with Gasteiger partial charge in [-0.25, -0.2) is 4.98 Å². The average Bonchev–Trinajstić information content (AvgIpc) is 2.49. The number of carboxylic acid groups (broad SMARTS) is 1. The van der Waals surface area contributed by atoms with Crippen molar-refractivity contribution in [2.24, 2.45) is 7.05 Å². The van der Waals surface area contributed by atoms with E-state index >= 15 is 0 Å². The maximum atomic E-state index is 10.9. The summed E-state index contributed by atoms with van der Waals surface area (Å²) in [6, 6.07) is -0.422. The number of carbonyl (C=O) groups is 1. The topological polar surface area (TPSA) is 67.2 Å². The van der Waals surface area contributed by atoms with Crippen molar-refractivity contribution in [1.82, 2.24) is 14.9 Å². The van der Waals surface area contributed by atoms with E-state index in [4.69, 9.17) is 5.11 Å². The van der Waals surface area contributed by atoms with Gasteiger partial charge in [-0.15, -0.1) is 0 Å². The molecule has 0 amide bonds. The lowest BCUT2D eigenvalue weighted by Gasteiger charge is -2.15. The highest BCUT2D eigenvalue weighted by molar-refractivity contribution is 5.73. The number of carboxylic acids is 1. The van der Waals surface area contributed by atoms with Gasteiger partial charge in [-0.05, 0) is 0 Å². The molecule has 0 fully saturated rings. The van der Waals surface area contributed by atoms with Gasteiger partial charge in [0.2, 0.25) is 0 Å². The Balaban J connectivity index is 2.62. The molecule has 0 aliphatic carbocycles. The molecular formula is C10H17N3O2. The number of aromatic nitrogens is 2. The number of imidazole rings is 1. The van der Waals surface area contributed by atoms with E-state index in [0.29, 0.717) is 6.42 Å². The number of rotatable bonds is 5. The van der Waals surface area contributed by atoms with Gasteiger partial charge in [-0.1, -0.05) is 13.8 Å². The third-order valence-electron chi connectivity index (χ3n) is 2.00. The fourth-order valence-corrected chi connectivity index (χ4v) is 1.40. The summed E-state index contributed by atoms with van der Waals surface area (Å²) < 4.78 is 1.81. The Kier molecular flexibility index (Phi) is 3.85. The van der Waals surface area contributed by atoms with Gasteiger partial charge in [0.25, 0.3) is 0 Å². The first-order valence-corrected chi connectivity index (χ1v) is 4.94. The Morgan fingerprint density at radius 2 is 2.33 bits per heavy atom. The Bertz CT molecular complexity index is 333. The van der Waals surface area contributed by atoms with Crippen LogP contribution in [-0.2, 0) is 18.3 Å². The van der Waals surface area contributed by atoms with Gasteiger partial charge in [0.1, 0.15) is 6.04 Å². The molecular weight excluding hydrogens is 194 g/mol. The highest BCUT2D eigenvalue weighted by atomic mass is 16.4. The van der Waals surface area contributed by atoms with Crippen LogP contribution in [0.25, 0.3) is 0 Å². The summed E-state index contributed by atoms with van der Waals surface area (Å²) in [6.07, 6.45) is 3.91. The third kappa shape index (κ3) is 3.71. The fraction of sp³-hybridized carbons (Fsp3) is 0.600. The first kappa shape index (κ1) is 11.7. The first-order chi connectivity index (χ1) is 6.99. The summed E-state index contributed by atoms with van der Waals surface area (Å²) >= 11 is 0. The Hall–Kier alpha value is -1.36. The van der Waals surface area contributed by atoms with E-state index in [0.717, 1.165) is 5.69 Å². The number of nitrogens with zero attached hydrogens (tertiary/aromatic N) is 2. The molecule has 0 aliphatic heterocycles. The zero-order valence-electron chi connectivity index (χ0n) is 9.27. The molecule has 0 aliphatic rings. The van der Waals surface area contributed by atoms with Crippen LogP contribution in [0, 0.1) is 0 Å². The highest BCUT2D eigenvalue weighted by Crippen LogP contribution is 2.01. The maximum absolute atomic E-state index is 10.9. The normalized spacial score (nSPS) is 13.1.